The van der Waals surface area contributed by atoms with Crippen LogP contribution in [0.25, 0.3) is 11.1 Å². The van der Waals surface area contributed by atoms with Crippen LogP contribution in [0, 0.1) is 5.82 Å². The van der Waals surface area contributed by atoms with Crippen LogP contribution in [0.2, 0.25) is 10.0 Å². The summed E-state index contributed by atoms with van der Waals surface area (Å²) < 4.78 is 20.0. The van der Waals surface area contributed by atoms with Gasteiger partial charge in [-0.3, -0.25) is 0 Å². The first-order chi connectivity index (χ1) is 13.8. The smallest absolute Gasteiger partial charge is 0.131 e. The van der Waals surface area contributed by atoms with E-state index in [4.69, 9.17) is 33.7 Å². The zero-order valence-corrected chi connectivity index (χ0v) is 17.6. The molecule has 0 radical (unpaired) electrons. The number of halogens is 3. The topological polar surface area (TPSA) is 55.5 Å². The summed E-state index contributed by atoms with van der Waals surface area (Å²) in [7, 11) is 0. The van der Waals surface area contributed by atoms with Crippen molar-refractivity contribution in [3.63, 3.8) is 0 Å². The van der Waals surface area contributed by atoms with Gasteiger partial charge in [0.2, 0.25) is 0 Å². The van der Waals surface area contributed by atoms with Crippen LogP contribution in [0.15, 0.2) is 60.7 Å². The standard InChI is InChI=1S/C23H22Cl2FNO2/c1-13(2)29-17-8-10-21(26)18(12-17)14-3-5-15(6-4-14)23(28)22(27)16-7-9-19(24)20(25)11-16/h3-13,22-23,28H,27H2,1-2H3. The Kier molecular flexibility index (Phi) is 6.81. The van der Waals surface area contributed by atoms with Gasteiger partial charge in [0.15, 0.2) is 0 Å². The van der Waals surface area contributed by atoms with Gasteiger partial charge in [-0.1, -0.05) is 53.5 Å². The molecular formula is C23H22Cl2FNO2. The maximum absolute atomic E-state index is 14.3. The Hall–Kier alpha value is -2.11. The van der Waals surface area contributed by atoms with Gasteiger partial charge in [0.25, 0.3) is 0 Å². The maximum atomic E-state index is 14.3. The number of aliphatic hydroxyl groups excluding tert-OH is 1. The van der Waals surface area contributed by atoms with Crippen LogP contribution in [0.4, 0.5) is 4.39 Å². The first-order valence-corrected chi connectivity index (χ1v) is 9.97. The van der Waals surface area contributed by atoms with Gasteiger partial charge in [0, 0.05) is 5.56 Å². The van der Waals surface area contributed by atoms with Crippen molar-refractivity contribution in [2.24, 2.45) is 5.73 Å². The molecule has 6 heteroatoms. The van der Waals surface area contributed by atoms with Crippen LogP contribution in [0.3, 0.4) is 0 Å². The fourth-order valence-electron chi connectivity index (χ4n) is 3.04. The molecule has 0 aliphatic rings. The molecule has 0 saturated heterocycles. The van der Waals surface area contributed by atoms with Crippen LogP contribution in [-0.2, 0) is 0 Å². The molecule has 0 bridgehead atoms. The molecule has 0 amide bonds. The fourth-order valence-corrected chi connectivity index (χ4v) is 3.35. The Morgan fingerprint density at radius 1 is 0.897 bits per heavy atom. The summed E-state index contributed by atoms with van der Waals surface area (Å²) >= 11 is 12.0. The number of hydrogen-bond donors (Lipinski definition) is 2. The molecule has 0 spiro atoms. The van der Waals surface area contributed by atoms with Gasteiger partial charge in [0.05, 0.1) is 28.3 Å². The highest BCUT2D eigenvalue weighted by Crippen LogP contribution is 2.33. The van der Waals surface area contributed by atoms with Crippen LogP contribution in [0.5, 0.6) is 5.75 Å². The lowest BCUT2D eigenvalue weighted by molar-refractivity contribution is 0.147. The molecule has 3 N–H and O–H groups in total. The largest absolute Gasteiger partial charge is 0.491 e. The van der Waals surface area contributed by atoms with Gasteiger partial charge in [-0.15, -0.1) is 0 Å². The van der Waals surface area contributed by atoms with Crippen molar-refractivity contribution in [3.05, 3.63) is 87.7 Å². The highest BCUT2D eigenvalue weighted by Gasteiger charge is 2.20. The Morgan fingerprint density at radius 2 is 1.55 bits per heavy atom. The van der Waals surface area contributed by atoms with Crippen molar-refractivity contribution in [2.45, 2.75) is 32.1 Å². The molecule has 152 valence electrons. The highest BCUT2D eigenvalue weighted by atomic mass is 35.5. The number of aliphatic hydroxyl groups is 1. The van der Waals surface area contributed by atoms with Crippen molar-refractivity contribution >= 4 is 23.2 Å². The predicted octanol–water partition coefficient (Wildman–Crippen LogP) is 6.32. The molecule has 0 aromatic heterocycles. The quantitative estimate of drug-likeness (QED) is 0.477. The van der Waals surface area contributed by atoms with Gasteiger partial charge in [0.1, 0.15) is 11.6 Å². The van der Waals surface area contributed by atoms with E-state index in [0.717, 1.165) is 0 Å². The summed E-state index contributed by atoms with van der Waals surface area (Å²) in [6.45, 7) is 3.83. The minimum Gasteiger partial charge on any atom is -0.491 e. The number of ether oxygens (including phenoxy) is 1. The summed E-state index contributed by atoms with van der Waals surface area (Å²) in [5.41, 5.74) is 8.59. The Balaban J connectivity index is 1.83. The minimum atomic E-state index is -0.957. The Labute approximate surface area is 179 Å². The van der Waals surface area contributed by atoms with Crippen molar-refractivity contribution in [3.8, 4) is 16.9 Å². The molecule has 0 fully saturated rings. The normalized spacial score (nSPS) is 13.4. The van der Waals surface area contributed by atoms with E-state index in [1.165, 1.54) is 6.07 Å². The molecule has 0 aliphatic heterocycles. The Morgan fingerprint density at radius 3 is 2.17 bits per heavy atom. The number of rotatable bonds is 6. The average molecular weight is 434 g/mol. The maximum Gasteiger partial charge on any atom is 0.131 e. The summed E-state index contributed by atoms with van der Waals surface area (Å²) in [6.07, 6.45) is -0.963. The van der Waals surface area contributed by atoms with Crippen molar-refractivity contribution in [1.29, 1.82) is 0 Å². The van der Waals surface area contributed by atoms with Crippen LogP contribution in [0.1, 0.15) is 37.1 Å². The number of hydrogen-bond acceptors (Lipinski definition) is 3. The molecular weight excluding hydrogens is 412 g/mol. The summed E-state index contributed by atoms with van der Waals surface area (Å²) in [5.74, 6) is 0.254. The van der Waals surface area contributed by atoms with E-state index in [1.54, 1.807) is 54.6 Å². The van der Waals surface area contributed by atoms with Gasteiger partial charge in [-0.2, -0.15) is 0 Å². The van der Waals surface area contributed by atoms with Crippen molar-refractivity contribution < 1.29 is 14.2 Å². The van der Waals surface area contributed by atoms with Gasteiger partial charge >= 0.3 is 0 Å². The molecule has 0 heterocycles. The lowest BCUT2D eigenvalue weighted by Crippen LogP contribution is -2.19. The van der Waals surface area contributed by atoms with E-state index >= 15 is 0 Å². The minimum absolute atomic E-state index is 0.00584. The molecule has 0 aliphatic carbocycles. The fraction of sp³-hybridized carbons (Fsp3) is 0.217. The molecule has 3 rings (SSSR count). The second-order valence-corrected chi connectivity index (χ2v) is 7.89. The Bertz CT molecular complexity index is 993. The first kappa shape index (κ1) is 21.6. The van der Waals surface area contributed by atoms with Gasteiger partial charge in [-0.05, 0) is 60.9 Å². The zero-order valence-electron chi connectivity index (χ0n) is 16.1. The zero-order chi connectivity index (χ0) is 21.1. The van der Waals surface area contributed by atoms with E-state index in [0.29, 0.717) is 38.0 Å². The van der Waals surface area contributed by atoms with Crippen LogP contribution >= 0.6 is 23.2 Å². The summed E-state index contributed by atoms with van der Waals surface area (Å²) in [5, 5.41) is 11.5. The molecule has 29 heavy (non-hydrogen) atoms. The lowest BCUT2D eigenvalue weighted by atomic mass is 9.95. The molecule has 3 aromatic carbocycles. The first-order valence-electron chi connectivity index (χ1n) is 9.21. The molecule has 2 unspecified atom stereocenters. The molecule has 2 atom stereocenters. The second-order valence-electron chi connectivity index (χ2n) is 7.07. The third-order valence-electron chi connectivity index (χ3n) is 4.54. The van der Waals surface area contributed by atoms with Crippen molar-refractivity contribution in [1.82, 2.24) is 0 Å². The summed E-state index contributed by atoms with van der Waals surface area (Å²) in [4.78, 5) is 0. The highest BCUT2D eigenvalue weighted by molar-refractivity contribution is 6.42. The second kappa shape index (κ2) is 9.14. The van der Waals surface area contributed by atoms with Crippen molar-refractivity contribution in [2.75, 3.05) is 0 Å². The van der Waals surface area contributed by atoms with Gasteiger partial charge < -0.3 is 15.6 Å². The van der Waals surface area contributed by atoms with E-state index < -0.39 is 12.1 Å². The summed E-state index contributed by atoms with van der Waals surface area (Å²) in [6, 6.07) is 15.9. The van der Waals surface area contributed by atoms with E-state index in [2.05, 4.69) is 0 Å². The van der Waals surface area contributed by atoms with E-state index in [-0.39, 0.29) is 11.9 Å². The van der Waals surface area contributed by atoms with Crippen LogP contribution < -0.4 is 10.5 Å². The van der Waals surface area contributed by atoms with Crippen LogP contribution in [-0.4, -0.2) is 11.2 Å². The number of nitrogens with two attached hydrogens (primary N) is 1. The third-order valence-corrected chi connectivity index (χ3v) is 5.28. The number of benzene rings is 3. The van der Waals surface area contributed by atoms with Gasteiger partial charge in [-0.25, -0.2) is 4.39 Å². The van der Waals surface area contributed by atoms with E-state index in [9.17, 15) is 9.50 Å². The SMILES string of the molecule is CC(C)Oc1ccc(F)c(-c2ccc(C(O)C(N)c3ccc(Cl)c(Cl)c3)cc2)c1. The molecule has 3 nitrogen and oxygen atoms in total. The molecule has 0 saturated carbocycles. The lowest BCUT2D eigenvalue weighted by Gasteiger charge is -2.20. The average Bonchev–Trinajstić information content (AvgIpc) is 2.70. The third kappa shape index (κ3) is 5.09. The van der Waals surface area contributed by atoms with E-state index in [1.807, 2.05) is 13.8 Å². The predicted molar refractivity (Wildman–Crippen MR) is 116 cm³/mol. The monoisotopic (exact) mass is 433 g/mol. The molecule has 3 aromatic rings.